The largest absolute Gasteiger partial charge is 0.327 e. The molecule has 0 atom stereocenters. The minimum Gasteiger partial charge on any atom is -0.327 e. The first-order valence-electron chi connectivity index (χ1n) is 22.1. The Morgan fingerprint density at radius 1 is 0.531 bits per heavy atom. The summed E-state index contributed by atoms with van der Waals surface area (Å²) >= 11 is 0. The molecule has 0 saturated heterocycles. The van der Waals surface area contributed by atoms with Gasteiger partial charge in [0.25, 0.3) is 0 Å². The molecule has 0 N–H and O–H groups in total. The van der Waals surface area contributed by atoms with E-state index in [2.05, 4.69) is 241 Å². The second-order valence-electron chi connectivity index (χ2n) is 17.4. The van der Waals surface area contributed by atoms with Crippen molar-refractivity contribution >= 4 is 78.9 Å². The first kappa shape index (κ1) is 37.9. The van der Waals surface area contributed by atoms with Crippen molar-refractivity contribution in [2.45, 2.75) is 19.3 Å². The standard InChI is InChI=1S/C58H45N5Si/c1-58(2)46-31-14-17-34-49(46)63(53-36-19-20-37-59-53)51-39-52(56-54(55(51)58)45-30-13-16-33-48(45)62(56)41-23-7-4-8-24-41)64(42-25-9-5-10-26-42,43-27-11-6-12-28-43)44-29-21-22-40(38-44)57-60-47-32-15-18-35-50(47)61(57)3/h4-39H,1-3H3. The predicted molar refractivity (Wildman–Crippen MR) is 269 cm³/mol. The first-order chi connectivity index (χ1) is 31.5. The Hall–Kier alpha value is -7.80. The van der Waals surface area contributed by atoms with Gasteiger partial charge in [-0.15, -0.1) is 0 Å². The maximum Gasteiger partial charge on any atom is 0.182 e. The van der Waals surface area contributed by atoms with Crippen LogP contribution in [-0.2, 0) is 12.5 Å². The Kier molecular flexibility index (Phi) is 8.68. The quantitative estimate of drug-likeness (QED) is 0.119. The van der Waals surface area contributed by atoms with Crippen molar-refractivity contribution < 1.29 is 0 Å². The lowest BCUT2D eigenvalue weighted by Crippen LogP contribution is -2.75. The highest BCUT2D eigenvalue weighted by molar-refractivity contribution is 7.20. The van der Waals surface area contributed by atoms with Crippen LogP contribution in [0, 0.1) is 0 Å². The minimum absolute atomic E-state index is 0.385. The highest BCUT2D eigenvalue weighted by Crippen LogP contribution is 2.55. The summed E-state index contributed by atoms with van der Waals surface area (Å²) < 4.78 is 4.79. The number of fused-ring (bicyclic) bond motifs is 7. The van der Waals surface area contributed by atoms with Crippen LogP contribution in [0.5, 0.6) is 0 Å². The van der Waals surface area contributed by atoms with Crippen LogP contribution in [0.25, 0.3) is 49.9 Å². The summed E-state index contributed by atoms with van der Waals surface area (Å²) in [6.45, 7) is 4.82. The molecule has 8 aromatic carbocycles. The van der Waals surface area contributed by atoms with E-state index in [9.17, 15) is 0 Å². The van der Waals surface area contributed by atoms with E-state index in [1.54, 1.807) is 0 Å². The van der Waals surface area contributed by atoms with Crippen LogP contribution in [0.3, 0.4) is 0 Å². The van der Waals surface area contributed by atoms with Crippen molar-refractivity contribution in [2.75, 3.05) is 4.90 Å². The fraction of sp³-hybridized carbons (Fsp3) is 0.0690. The van der Waals surface area contributed by atoms with Gasteiger partial charge in [0.1, 0.15) is 11.6 Å². The van der Waals surface area contributed by atoms with Gasteiger partial charge in [-0.1, -0.05) is 172 Å². The highest BCUT2D eigenvalue weighted by Gasteiger charge is 2.48. The lowest BCUT2D eigenvalue weighted by Gasteiger charge is -2.44. The van der Waals surface area contributed by atoms with Gasteiger partial charge in [-0.3, -0.25) is 4.90 Å². The Balaban J connectivity index is 1.32. The molecule has 0 bridgehead atoms. The second kappa shape index (κ2) is 14.7. The number of aryl methyl sites for hydroxylation is 1. The van der Waals surface area contributed by atoms with E-state index in [0.29, 0.717) is 0 Å². The Morgan fingerprint density at radius 2 is 1.16 bits per heavy atom. The summed E-state index contributed by atoms with van der Waals surface area (Å²) in [7, 11) is -1.21. The molecule has 4 heterocycles. The summed E-state index contributed by atoms with van der Waals surface area (Å²) in [6.07, 6.45) is 1.91. The number of para-hydroxylation sites is 5. The molecule has 0 aliphatic carbocycles. The molecular formula is C58H45N5Si. The zero-order valence-corrected chi connectivity index (χ0v) is 37.0. The van der Waals surface area contributed by atoms with E-state index in [-0.39, 0.29) is 5.41 Å². The molecule has 5 nitrogen and oxygen atoms in total. The molecular weight excluding hydrogens is 795 g/mol. The fourth-order valence-corrected chi connectivity index (χ4v) is 15.9. The predicted octanol–water partition coefficient (Wildman–Crippen LogP) is 11.2. The summed E-state index contributed by atoms with van der Waals surface area (Å²) in [5.74, 6) is 1.83. The third-order valence-corrected chi connectivity index (χ3v) is 18.4. The van der Waals surface area contributed by atoms with Crippen LogP contribution in [0.15, 0.2) is 219 Å². The number of imidazole rings is 1. The number of anilines is 3. The maximum atomic E-state index is 5.26. The van der Waals surface area contributed by atoms with Gasteiger partial charge in [0, 0.05) is 40.7 Å². The Morgan fingerprint density at radius 3 is 1.88 bits per heavy atom. The van der Waals surface area contributed by atoms with E-state index < -0.39 is 8.07 Å². The molecule has 0 radical (unpaired) electrons. The maximum absolute atomic E-state index is 5.26. The molecule has 306 valence electrons. The summed E-state index contributed by atoms with van der Waals surface area (Å²) in [5, 5.41) is 7.68. The van der Waals surface area contributed by atoms with E-state index in [1.807, 2.05) is 12.3 Å². The van der Waals surface area contributed by atoms with Crippen molar-refractivity contribution in [2.24, 2.45) is 7.05 Å². The number of nitrogens with zero attached hydrogens (tertiary/aromatic N) is 5. The van der Waals surface area contributed by atoms with Gasteiger partial charge in [-0.05, 0) is 86.5 Å². The van der Waals surface area contributed by atoms with Crippen molar-refractivity contribution in [3.8, 4) is 17.1 Å². The third-order valence-electron chi connectivity index (χ3n) is 13.7. The molecule has 1 aliphatic rings. The smallest absolute Gasteiger partial charge is 0.182 e. The zero-order valence-electron chi connectivity index (χ0n) is 36.0. The van der Waals surface area contributed by atoms with Crippen LogP contribution < -0.4 is 25.6 Å². The summed E-state index contributed by atoms with van der Waals surface area (Å²) in [5.41, 5.74) is 11.2. The van der Waals surface area contributed by atoms with E-state index in [4.69, 9.17) is 9.97 Å². The average Bonchev–Trinajstić information content (AvgIpc) is 3.88. The SMILES string of the molecule is Cn1c(-c2cccc([Si](c3ccccc3)(c3ccccc3)c3cc4c(c5c6ccccc6n(-c6ccccc6)c35)C(C)(C)c3ccccc3N4c3ccccn3)c2)nc2ccccc21. The number of rotatable bonds is 7. The first-order valence-corrected chi connectivity index (χ1v) is 24.1. The van der Waals surface area contributed by atoms with E-state index in [0.717, 1.165) is 45.3 Å². The molecule has 6 heteroatoms. The number of hydrogen-bond acceptors (Lipinski definition) is 3. The van der Waals surface area contributed by atoms with Gasteiger partial charge in [0.2, 0.25) is 0 Å². The van der Waals surface area contributed by atoms with Gasteiger partial charge in [-0.2, -0.15) is 0 Å². The minimum atomic E-state index is -3.34. The number of aromatic nitrogens is 4. The van der Waals surface area contributed by atoms with E-state index in [1.165, 1.54) is 53.7 Å². The van der Waals surface area contributed by atoms with Crippen molar-refractivity contribution in [3.05, 3.63) is 230 Å². The van der Waals surface area contributed by atoms with Gasteiger partial charge in [0.05, 0.1) is 33.4 Å². The number of benzene rings is 8. The van der Waals surface area contributed by atoms with E-state index >= 15 is 0 Å². The Bertz CT molecular complexity index is 3500. The van der Waals surface area contributed by atoms with Gasteiger partial charge >= 0.3 is 0 Å². The van der Waals surface area contributed by atoms with Crippen LogP contribution in [0.1, 0.15) is 25.0 Å². The van der Waals surface area contributed by atoms with Crippen LogP contribution >= 0.6 is 0 Å². The second-order valence-corrected chi connectivity index (χ2v) is 21.2. The molecule has 0 unspecified atom stereocenters. The van der Waals surface area contributed by atoms with Crippen molar-refractivity contribution in [1.82, 2.24) is 19.1 Å². The van der Waals surface area contributed by atoms with Gasteiger partial charge in [-0.25, -0.2) is 9.97 Å². The number of hydrogen-bond donors (Lipinski definition) is 0. The molecule has 0 spiro atoms. The molecule has 3 aromatic heterocycles. The monoisotopic (exact) mass is 839 g/mol. The molecule has 64 heavy (non-hydrogen) atoms. The summed E-state index contributed by atoms with van der Waals surface area (Å²) in [6, 6.07) is 78.1. The third kappa shape index (κ3) is 5.49. The topological polar surface area (TPSA) is 38.9 Å². The molecule has 0 amide bonds. The lowest BCUT2D eigenvalue weighted by molar-refractivity contribution is 0.638. The number of pyridine rings is 1. The van der Waals surface area contributed by atoms with Crippen LogP contribution in [0.4, 0.5) is 17.2 Å². The van der Waals surface area contributed by atoms with Crippen molar-refractivity contribution in [3.63, 3.8) is 0 Å². The molecule has 11 aromatic rings. The van der Waals surface area contributed by atoms with Gasteiger partial charge in [0.15, 0.2) is 8.07 Å². The highest BCUT2D eigenvalue weighted by atomic mass is 28.3. The Labute approximate surface area is 374 Å². The van der Waals surface area contributed by atoms with Crippen LogP contribution in [-0.4, -0.2) is 27.2 Å². The average molecular weight is 840 g/mol. The molecule has 0 fully saturated rings. The zero-order chi connectivity index (χ0) is 43.0. The normalized spacial score (nSPS) is 13.3. The molecule has 1 aliphatic heterocycles. The van der Waals surface area contributed by atoms with Gasteiger partial charge < -0.3 is 9.13 Å². The summed E-state index contributed by atoms with van der Waals surface area (Å²) in [4.78, 5) is 12.8. The molecule has 12 rings (SSSR count). The lowest BCUT2D eigenvalue weighted by atomic mass is 9.72. The van der Waals surface area contributed by atoms with Crippen LogP contribution in [0.2, 0.25) is 0 Å². The molecule has 0 saturated carbocycles. The van der Waals surface area contributed by atoms with Crippen molar-refractivity contribution in [1.29, 1.82) is 0 Å². The fourth-order valence-electron chi connectivity index (χ4n) is 10.9.